The Bertz CT molecular complexity index is 989. The number of thiophene rings is 1. The molecule has 0 spiro atoms. The average molecular weight is 468 g/mol. The van der Waals surface area contributed by atoms with Crippen LogP contribution in [-0.4, -0.2) is 66.9 Å². The van der Waals surface area contributed by atoms with E-state index in [-0.39, 0.29) is 24.6 Å². The summed E-state index contributed by atoms with van der Waals surface area (Å²) >= 11 is 7.05. The third-order valence-corrected chi connectivity index (χ3v) is 6.19. The van der Waals surface area contributed by atoms with Crippen LogP contribution in [0.1, 0.15) is 32.5 Å². The Kier molecular flexibility index (Phi) is 7.64. The Morgan fingerprint density at radius 1 is 1.19 bits per heavy atom. The van der Waals surface area contributed by atoms with Gasteiger partial charge in [-0.15, -0.1) is 11.3 Å². The van der Waals surface area contributed by atoms with Crippen molar-refractivity contribution in [3.63, 3.8) is 0 Å². The van der Waals surface area contributed by atoms with Crippen molar-refractivity contribution in [3.05, 3.63) is 51.1 Å². The molecule has 7 nitrogen and oxygen atoms in total. The first kappa shape index (κ1) is 23.2. The minimum absolute atomic E-state index is 0.0517. The summed E-state index contributed by atoms with van der Waals surface area (Å²) in [7, 11) is 0. The lowest BCUT2D eigenvalue weighted by Crippen LogP contribution is -2.50. The van der Waals surface area contributed by atoms with Crippen LogP contribution in [0.2, 0.25) is 5.02 Å². The van der Waals surface area contributed by atoms with E-state index < -0.39 is 17.7 Å². The van der Waals surface area contributed by atoms with Crippen LogP contribution in [0.15, 0.2) is 24.3 Å². The maximum Gasteiger partial charge on any atom is 0.348 e. The molecular formula is C21H23ClFN3O4S. The number of benzene rings is 1. The highest BCUT2D eigenvalue weighted by Crippen LogP contribution is 2.27. The summed E-state index contributed by atoms with van der Waals surface area (Å²) < 4.78 is 19.0. The molecule has 166 valence electrons. The standard InChI is InChI=1S/C21H23ClFN3O4S/c1-3-30-21(29)19-13(2)10-18(31-19)24-17(27)12-25-6-8-26(9-7-25)20(28)15-11-14(22)4-5-16(15)23/h4-5,10-11H,3,6-9,12H2,1-2H3,(H,24,27). The molecule has 1 fully saturated rings. The molecule has 10 heteroatoms. The van der Waals surface area contributed by atoms with E-state index in [9.17, 15) is 18.8 Å². The van der Waals surface area contributed by atoms with Crippen molar-refractivity contribution in [1.29, 1.82) is 0 Å². The van der Waals surface area contributed by atoms with Crippen LogP contribution in [0.3, 0.4) is 0 Å². The fourth-order valence-corrected chi connectivity index (χ4v) is 4.42. The first-order chi connectivity index (χ1) is 14.8. The Labute approximate surface area is 188 Å². The number of halogens is 2. The van der Waals surface area contributed by atoms with Crippen molar-refractivity contribution in [3.8, 4) is 0 Å². The van der Waals surface area contributed by atoms with Gasteiger partial charge in [-0.2, -0.15) is 0 Å². The Balaban J connectivity index is 1.51. The molecule has 2 aromatic rings. The lowest BCUT2D eigenvalue weighted by molar-refractivity contribution is -0.117. The normalized spacial score (nSPS) is 14.4. The highest BCUT2D eigenvalue weighted by molar-refractivity contribution is 7.18. The van der Waals surface area contributed by atoms with Crippen LogP contribution in [0.4, 0.5) is 9.39 Å². The quantitative estimate of drug-likeness (QED) is 0.658. The topological polar surface area (TPSA) is 79.0 Å². The van der Waals surface area contributed by atoms with E-state index >= 15 is 0 Å². The highest BCUT2D eigenvalue weighted by Gasteiger charge is 2.25. The number of hydrogen-bond donors (Lipinski definition) is 1. The van der Waals surface area contributed by atoms with E-state index in [1.807, 2.05) is 4.90 Å². The number of anilines is 1. The molecular weight excluding hydrogens is 445 g/mol. The van der Waals surface area contributed by atoms with Gasteiger partial charge in [0.1, 0.15) is 10.7 Å². The zero-order valence-corrected chi connectivity index (χ0v) is 18.8. The van der Waals surface area contributed by atoms with Crippen molar-refractivity contribution in [2.75, 3.05) is 44.6 Å². The second-order valence-corrected chi connectivity index (χ2v) is 8.57. The van der Waals surface area contributed by atoms with Gasteiger partial charge in [-0.05, 0) is 43.7 Å². The third kappa shape index (κ3) is 5.81. The van der Waals surface area contributed by atoms with Crippen molar-refractivity contribution in [2.45, 2.75) is 13.8 Å². The predicted molar refractivity (Wildman–Crippen MR) is 117 cm³/mol. The first-order valence-corrected chi connectivity index (χ1v) is 11.0. The molecule has 0 aliphatic carbocycles. The van der Waals surface area contributed by atoms with Gasteiger partial charge in [0, 0.05) is 31.2 Å². The minimum Gasteiger partial charge on any atom is -0.462 e. The predicted octanol–water partition coefficient (Wildman–Crippen LogP) is 3.42. The number of piperazine rings is 1. The number of aryl methyl sites for hydroxylation is 1. The molecule has 1 N–H and O–H groups in total. The number of esters is 1. The van der Waals surface area contributed by atoms with E-state index in [1.54, 1.807) is 24.8 Å². The lowest BCUT2D eigenvalue weighted by atomic mass is 10.1. The van der Waals surface area contributed by atoms with E-state index in [0.29, 0.717) is 41.1 Å². The molecule has 1 aromatic carbocycles. The largest absolute Gasteiger partial charge is 0.462 e. The summed E-state index contributed by atoms with van der Waals surface area (Å²) in [6.45, 7) is 5.69. The average Bonchev–Trinajstić information content (AvgIpc) is 3.10. The van der Waals surface area contributed by atoms with Crippen molar-refractivity contribution in [1.82, 2.24) is 9.80 Å². The number of carbonyl (C=O) groups excluding carboxylic acids is 3. The highest BCUT2D eigenvalue weighted by atomic mass is 35.5. The lowest BCUT2D eigenvalue weighted by Gasteiger charge is -2.34. The number of nitrogens with one attached hydrogen (secondary N) is 1. The molecule has 3 rings (SSSR count). The second-order valence-electron chi connectivity index (χ2n) is 7.08. The van der Waals surface area contributed by atoms with Gasteiger partial charge in [0.15, 0.2) is 0 Å². The Hall–Kier alpha value is -2.49. The van der Waals surface area contributed by atoms with Gasteiger partial charge in [0.25, 0.3) is 5.91 Å². The van der Waals surface area contributed by atoms with Gasteiger partial charge in [-0.1, -0.05) is 11.6 Å². The van der Waals surface area contributed by atoms with Crippen LogP contribution >= 0.6 is 22.9 Å². The Morgan fingerprint density at radius 3 is 2.58 bits per heavy atom. The molecule has 0 radical (unpaired) electrons. The van der Waals surface area contributed by atoms with E-state index in [0.717, 1.165) is 5.56 Å². The zero-order chi connectivity index (χ0) is 22.5. The van der Waals surface area contributed by atoms with Crippen LogP contribution in [0.5, 0.6) is 0 Å². The monoisotopic (exact) mass is 467 g/mol. The summed E-state index contributed by atoms with van der Waals surface area (Å²) in [6.07, 6.45) is 0. The van der Waals surface area contributed by atoms with Crippen molar-refractivity contribution in [2.24, 2.45) is 0 Å². The molecule has 1 aromatic heterocycles. The zero-order valence-electron chi connectivity index (χ0n) is 17.2. The van der Waals surface area contributed by atoms with Crippen LogP contribution < -0.4 is 5.32 Å². The summed E-state index contributed by atoms with van der Waals surface area (Å²) in [6, 6.07) is 5.64. The number of rotatable bonds is 6. The van der Waals surface area contributed by atoms with E-state index in [1.165, 1.54) is 29.5 Å². The number of ether oxygens (including phenoxy) is 1. The molecule has 0 unspecified atom stereocenters. The second kappa shape index (κ2) is 10.2. The van der Waals surface area contributed by atoms with Crippen LogP contribution in [-0.2, 0) is 9.53 Å². The fourth-order valence-electron chi connectivity index (χ4n) is 3.26. The molecule has 1 saturated heterocycles. The first-order valence-electron chi connectivity index (χ1n) is 9.82. The number of carbonyl (C=O) groups is 3. The molecule has 1 aliphatic rings. The van der Waals surface area contributed by atoms with Crippen LogP contribution in [0, 0.1) is 12.7 Å². The number of hydrogen-bond acceptors (Lipinski definition) is 6. The van der Waals surface area contributed by atoms with Crippen molar-refractivity contribution >= 4 is 45.7 Å². The SMILES string of the molecule is CCOC(=O)c1sc(NC(=O)CN2CCN(C(=O)c3cc(Cl)ccc3F)CC2)cc1C. The van der Waals surface area contributed by atoms with Gasteiger partial charge in [-0.3, -0.25) is 14.5 Å². The molecule has 2 heterocycles. The van der Waals surface area contributed by atoms with Crippen molar-refractivity contribution < 1.29 is 23.5 Å². The van der Waals surface area contributed by atoms with Gasteiger partial charge in [0.05, 0.1) is 23.7 Å². The summed E-state index contributed by atoms with van der Waals surface area (Å²) in [4.78, 5) is 40.8. The Morgan fingerprint density at radius 2 is 1.90 bits per heavy atom. The van der Waals surface area contributed by atoms with E-state index in [2.05, 4.69) is 5.32 Å². The van der Waals surface area contributed by atoms with Gasteiger partial charge in [0.2, 0.25) is 5.91 Å². The number of amides is 2. The van der Waals surface area contributed by atoms with Gasteiger partial charge in [-0.25, -0.2) is 9.18 Å². The smallest absolute Gasteiger partial charge is 0.348 e. The molecule has 0 saturated carbocycles. The minimum atomic E-state index is -0.607. The maximum atomic E-state index is 14.0. The maximum absolute atomic E-state index is 14.0. The van der Waals surface area contributed by atoms with Crippen LogP contribution in [0.25, 0.3) is 0 Å². The summed E-state index contributed by atoms with van der Waals surface area (Å²) in [5.41, 5.74) is 0.697. The number of nitrogens with zero attached hydrogens (tertiary/aromatic N) is 2. The molecule has 0 bridgehead atoms. The third-order valence-electron chi connectivity index (χ3n) is 4.83. The molecule has 1 aliphatic heterocycles. The molecule has 0 atom stereocenters. The van der Waals surface area contributed by atoms with E-state index in [4.69, 9.17) is 16.3 Å². The molecule has 31 heavy (non-hydrogen) atoms. The van der Waals surface area contributed by atoms with Gasteiger partial charge >= 0.3 is 5.97 Å². The van der Waals surface area contributed by atoms with Gasteiger partial charge < -0.3 is 15.0 Å². The molecule has 2 amide bonds. The summed E-state index contributed by atoms with van der Waals surface area (Å²) in [5, 5.41) is 3.69. The summed E-state index contributed by atoms with van der Waals surface area (Å²) in [5.74, 6) is -1.63. The fraction of sp³-hybridized carbons (Fsp3) is 0.381.